The summed E-state index contributed by atoms with van der Waals surface area (Å²) in [7, 11) is 0. The van der Waals surface area contributed by atoms with Crippen molar-refractivity contribution in [1.82, 2.24) is 9.88 Å². The van der Waals surface area contributed by atoms with Gasteiger partial charge < -0.3 is 14.4 Å². The van der Waals surface area contributed by atoms with E-state index in [1.807, 2.05) is 12.1 Å². The predicted octanol–water partition coefficient (Wildman–Crippen LogP) is 3.82. The molecule has 0 aromatic carbocycles. The molecule has 1 amide bonds. The summed E-state index contributed by atoms with van der Waals surface area (Å²) in [5.41, 5.74) is 0.651. The molecule has 0 atom stereocenters. The van der Waals surface area contributed by atoms with Crippen LogP contribution in [-0.4, -0.2) is 47.2 Å². The maximum absolute atomic E-state index is 13.0. The van der Waals surface area contributed by atoms with Crippen LogP contribution in [0.2, 0.25) is 0 Å². The molecule has 0 N–H and O–H groups in total. The monoisotopic (exact) mass is 346 g/mol. The molecule has 1 saturated heterocycles. The minimum Gasteiger partial charge on any atom is -0.474 e. The third-order valence-electron chi connectivity index (χ3n) is 5.20. The van der Waals surface area contributed by atoms with Gasteiger partial charge in [0.05, 0.1) is 18.8 Å². The number of hydrogen-bond donors (Lipinski definition) is 0. The van der Waals surface area contributed by atoms with Crippen LogP contribution in [0.25, 0.3) is 0 Å². The van der Waals surface area contributed by atoms with Crippen LogP contribution in [0, 0.1) is 0 Å². The summed E-state index contributed by atoms with van der Waals surface area (Å²) in [6.07, 6.45) is 9.57. The molecule has 3 rings (SSSR count). The molecule has 1 aromatic heterocycles. The second kappa shape index (κ2) is 8.65. The number of hydrogen-bond acceptors (Lipinski definition) is 4. The molecule has 0 bridgehead atoms. The first kappa shape index (κ1) is 18.2. The van der Waals surface area contributed by atoms with E-state index in [-0.39, 0.29) is 18.1 Å². The Bertz CT molecular complexity index is 547. The summed E-state index contributed by atoms with van der Waals surface area (Å²) in [6.45, 7) is 5.68. The summed E-state index contributed by atoms with van der Waals surface area (Å²) in [6, 6.07) is 4.23. The van der Waals surface area contributed by atoms with Gasteiger partial charge in [0.2, 0.25) is 5.88 Å². The predicted molar refractivity (Wildman–Crippen MR) is 96.9 cm³/mol. The highest BCUT2D eigenvalue weighted by atomic mass is 16.5. The van der Waals surface area contributed by atoms with Crippen LogP contribution in [0.4, 0.5) is 0 Å². The molecule has 1 aliphatic heterocycles. The maximum Gasteiger partial charge on any atom is 0.255 e. The van der Waals surface area contributed by atoms with Gasteiger partial charge >= 0.3 is 0 Å². The summed E-state index contributed by atoms with van der Waals surface area (Å²) in [5, 5.41) is 0. The van der Waals surface area contributed by atoms with Crippen LogP contribution in [0.3, 0.4) is 0 Å². The van der Waals surface area contributed by atoms with Crippen LogP contribution in [0.5, 0.6) is 5.88 Å². The Balaban J connectivity index is 1.65. The number of ether oxygens (including phenoxy) is 2. The fourth-order valence-electron chi connectivity index (χ4n) is 3.87. The van der Waals surface area contributed by atoms with Crippen molar-refractivity contribution in [2.75, 3.05) is 13.2 Å². The molecule has 1 saturated carbocycles. The van der Waals surface area contributed by atoms with E-state index in [9.17, 15) is 4.79 Å². The average Bonchev–Trinajstić information content (AvgIpc) is 2.64. The molecule has 0 unspecified atom stereocenters. The molecule has 0 spiro atoms. The first-order chi connectivity index (χ1) is 12.1. The second-order valence-corrected chi connectivity index (χ2v) is 7.41. The Morgan fingerprint density at radius 3 is 2.48 bits per heavy atom. The van der Waals surface area contributed by atoms with Crippen LogP contribution in [0.15, 0.2) is 18.3 Å². The second-order valence-electron chi connectivity index (χ2n) is 7.41. The van der Waals surface area contributed by atoms with E-state index in [0.717, 1.165) is 38.9 Å². The van der Waals surface area contributed by atoms with Gasteiger partial charge in [-0.15, -0.1) is 0 Å². The smallest absolute Gasteiger partial charge is 0.255 e. The molecule has 25 heavy (non-hydrogen) atoms. The molecule has 0 radical (unpaired) electrons. The lowest BCUT2D eigenvalue weighted by molar-refractivity contribution is 0.0237. The van der Waals surface area contributed by atoms with Crippen molar-refractivity contribution >= 4 is 5.91 Å². The van der Waals surface area contributed by atoms with Gasteiger partial charge in [-0.3, -0.25) is 4.79 Å². The van der Waals surface area contributed by atoms with Gasteiger partial charge in [0.1, 0.15) is 6.10 Å². The topological polar surface area (TPSA) is 51.7 Å². The van der Waals surface area contributed by atoms with E-state index in [4.69, 9.17) is 9.47 Å². The van der Waals surface area contributed by atoms with E-state index < -0.39 is 0 Å². The average molecular weight is 346 g/mol. The maximum atomic E-state index is 13.0. The lowest BCUT2D eigenvalue weighted by atomic mass is 9.93. The highest BCUT2D eigenvalue weighted by Crippen LogP contribution is 2.26. The van der Waals surface area contributed by atoms with Gasteiger partial charge in [-0.2, -0.15) is 0 Å². The zero-order valence-corrected chi connectivity index (χ0v) is 15.4. The van der Waals surface area contributed by atoms with E-state index in [2.05, 4.69) is 23.7 Å². The van der Waals surface area contributed by atoms with E-state index in [0.29, 0.717) is 17.5 Å². The molecule has 138 valence electrons. The van der Waals surface area contributed by atoms with Crippen LogP contribution in [0.1, 0.15) is 69.2 Å². The Hall–Kier alpha value is -1.62. The Morgan fingerprint density at radius 1 is 1.16 bits per heavy atom. The highest BCUT2D eigenvalue weighted by molar-refractivity contribution is 5.94. The van der Waals surface area contributed by atoms with Crippen molar-refractivity contribution in [2.24, 2.45) is 0 Å². The largest absolute Gasteiger partial charge is 0.474 e. The third kappa shape index (κ3) is 4.72. The van der Waals surface area contributed by atoms with E-state index in [1.54, 1.807) is 6.20 Å². The van der Waals surface area contributed by atoms with Gasteiger partial charge in [0.25, 0.3) is 5.91 Å². The van der Waals surface area contributed by atoms with Crippen LogP contribution >= 0.6 is 0 Å². The standard InChI is InChI=1S/C20H30N2O3/c1-15(2)22(17-6-4-3-5-7-17)20(23)16-8-9-19(21-14-16)25-18-10-12-24-13-11-18/h8-9,14-15,17-18H,3-7,10-13H2,1-2H3. The molecule has 1 aliphatic carbocycles. The van der Waals surface area contributed by atoms with Crippen LogP contribution < -0.4 is 4.74 Å². The summed E-state index contributed by atoms with van der Waals surface area (Å²) in [5.74, 6) is 0.684. The van der Waals surface area contributed by atoms with Crippen molar-refractivity contribution in [3.05, 3.63) is 23.9 Å². The van der Waals surface area contributed by atoms with E-state index in [1.165, 1.54) is 19.3 Å². The number of aromatic nitrogens is 1. The molecule has 5 nitrogen and oxygen atoms in total. The minimum atomic E-state index is 0.0898. The van der Waals surface area contributed by atoms with Crippen molar-refractivity contribution in [2.45, 2.75) is 77.0 Å². The quantitative estimate of drug-likeness (QED) is 0.813. The van der Waals surface area contributed by atoms with Crippen molar-refractivity contribution in [3.63, 3.8) is 0 Å². The first-order valence-corrected chi connectivity index (χ1v) is 9.68. The summed E-state index contributed by atoms with van der Waals surface area (Å²) < 4.78 is 11.2. The number of nitrogens with zero attached hydrogens (tertiary/aromatic N) is 2. The molecular weight excluding hydrogens is 316 g/mol. The van der Waals surface area contributed by atoms with Crippen molar-refractivity contribution in [1.29, 1.82) is 0 Å². The zero-order chi connectivity index (χ0) is 17.6. The zero-order valence-electron chi connectivity index (χ0n) is 15.4. The normalized spacial score (nSPS) is 19.8. The molecular formula is C20H30N2O3. The fourth-order valence-corrected chi connectivity index (χ4v) is 3.87. The van der Waals surface area contributed by atoms with Gasteiger partial charge in [-0.1, -0.05) is 19.3 Å². The highest BCUT2D eigenvalue weighted by Gasteiger charge is 2.28. The number of carbonyl (C=O) groups is 1. The third-order valence-corrected chi connectivity index (χ3v) is 5.20. The number of rotatable bonds is 5. The van der Waals surface area contributed by atoms with Gasteiger partial charge in [0.15, 0.2) is 0 Å². The molecule has 2 aliphatic rings. The Labute approximate surface area is 150 Å². The lowest BCUT2D eigenvalue weighted by Gasteiger charge is -2.37. The van der Waals surface area contributed by atoms with Gasteiger partial charge in [-0.25, -0.2) is 4.98 Å². The van der Waals surface area contributed by atoms with Crippen molar-refractivity contribution in [3.8, 4) is 5.88 Å². The lowest BCUT2D eigenvalue weighted by Crippen LogP contribution is -2.45. The van der Waals surface area contributed by atoms with Crippen molar-refractivity contribution < 1.29 is 14.3 Å². The van der Waals surface area contributed by atoms with Crippen LogP contribution in [-0.2, 0) is 4.74 Å². The first-order valence-electron chi connectivity index (χ1n) is 9.68. The van der Waals surface area contributed by atoms with E-state index >= 15 is 0 Å². The minimum absolute atomic E-state index is 0.0898. The number of carbonyl (C=O) groups excluding carboxylic acids is 1. The molecule has 1 aromatic rings. The Kier molecular flexibility index (Phi) is 6.29. The fraction of sp³-hybridized carbons (Fsp3) is 0.700. The number of pyridine rings is 1. The summed E-state index contributed by atoms with van der Waals surface area (Å²) in [4.78, 5) is 19.4. The van der Waals surface area contributed by atoms with Gasteiger partial charge in [-0.05, 0) is 32.8 Å². The SMILES string of the molecule is CC(C)N(C(=O)c1ccc(OC2CCOCC2)nc1)C1CCCCC1. The molecule has 2 heterocycles. The summed E-state index contributed by atoms with van der Waals surface area (Å²) >= 11 is 0. The Morgan fingerprint density at radius 2 is 1.88 bits per heavy atom. The molecule has 2 fully saturated rings. The van der Waals surface area contributed by atoms with Gasteiger partial charge in [0, 0.05) is 37.2 Å². The molecule has 5 heteroatoms. The number of amides is 1.